The van der Waals surface area contributed by atoms with E-state index in [0.29, 0.717) is 5.75 Å². The number of hydrogen-bond acceptors (Lipinski definition) is 6. The van der Waals surface area contributed by atoms with Crippen molar-refractivity contribution in [2.75, 3.05) is 35.3 Å². The molecular formula is C17H22Cl2N2O6S2. The Kier molecular flexibility index (Phi) is 8.75. The number of hydrogen-bond donors (Lipinski definition) is 1. The van der Waals surface area contributed by atoms with Crippen LogP contribution in [0.15, 0.2) is 46.2 Å². The summed E-state index contributed by atoms with van der Waals surface area (Å²) < 4.78 is 53.9. The molecule has 0 saturated carbocycles. The normalized spacial score (nSPS) is 11.9. The fourth-order valence-corrected chi connectivity index (χ4v) is 4.72. The van der Waals surface area contributed by atoms with Crippen molar-refractivity contribution in [1.29, 1.82) is 0 Å². The van der Waals surface area contributed by atoms with E-state index in [-0.39, 0.29) is 25.6 Å². The Balaban J connectivity index is 0.000000291. The van der Waals surface area contributed by atoms with Gasteiger partial charge in [0.1, 0.15) is 21.3 Å². The fourth-order valence-electron chi connectivity index (χ4n) is 1.91. The van der Waals surface area contributed by atoms with Crippen LogP contribution >= 0.6 is 23.2 Å². The van der Waals surface area contributed by atoms with Gasteiger partial charge >= 0.3 is 0 Å². The van der Waals surface area contributed by atoms with Gasteiger partial charge in [0.15, 0.2) is 0 Å². The quantitative estimate of drug-likeness (QED) is 0.699. The average Bonchev–Trinajstić information content (AvgIpc) is 2.61. The molecule has 0 aliphatic heterocycles. The fraction of sp³-hybridized carbons (Fsp3) is 0.294. The van der Waals surface area contributed by atoms with E-state index < -0.39 is 20.0 Å². The van der Waals surface area contributed by atoms with Crippen molar-refractivity contribution in [3.05, 3.63) is 46.4 Å². The molecule has 0 unspecified atom stereocenters. The van der Waals surface area contributed by atoms with Gasteiger partial charge in [-0.15, -0.1) is 0 Å². The molecule has 0 radical (unpaired) electrons. The third-order valence-electron chi connectivity index (χ3n) is 3.57. The third kappa shape index (κ3) is 6.21. The van der Waals surface area contributed by atoms with Crippen LogP contribution in [0.4, 0.5) is 0 Å². The molecule has 0 fully saturated rings. The van der Waals surface area contributed by atoms with Crippen molar-refractivity contribution >= 4 is 43.2 Å². The maximum absolute atomic E-state index is 11.8. The maximum atomic E-state index is 11.8. The van der Waals surface area contributed by atoms with Crippen molar-refractivity contribution in [2.45, 2.75) is 9.79 Å². The number of nitrogens with zero attached hydrogens (tertiary/aromatic N) is 2. The van der Waals surface area contributed by atoms with E-state index in [1.165, 1.54) is 65.6 Å². The minimum atomic E-state index is -3.53. The van der Waals surface area contributed by atoms with Crippen LogP contribution in [0.25, 0.3) is 0 Å². The lowest BCUT2D eigenvalue weighted by Crippen LogP contribution is -2.22. The number of sulfonamides is 2. The number of benzene rings is 2. The van der Waals surface area contributed by atoms with Crippen molar-refractivity contribution in [3.8, 4) is 11.5 Å². The van der Waals surface area contributed by atoms with Crippen molar-refractivity contribution in [1.82, 2.24) is 8.61 Å². The Hall–Kier alpha value is -1.56. The van der Waals surface area contributed by atoms with Gasteiger partial charge in [-0.1, -0.05) is 23.2 Å². The van der Waals surface area contributed by atoms with E-state index in [1.54, 1.807) is 6.07 Å². The SMILES string of the molecule is CN(C)S(=O)(=O)c1ccc(O)cc1Cl.COc1ccc(S(=O)(=O)N(C)C)c(Cl)c1. The predicted octanol–water partition coefficient (Wildman–Crippen LogP) is 2.89. The molecule has 2 aromatic rings. The molecule has 1 N–H and O–H groups in total. The zero-order valence-corrected chi connectivity index (χ0v) is 19.6. The van der Waals surface area contributed by atoms with E-state index in [4.69, 9.17) is 33.0 Å². The molecule has 162 valence electrons. The molecule has 0 bridgehead atoms. The van der Waals surface area contributed by atoms with Crippen LogP contribution in [0.1, 0.15) is 0 Å². The minimum absolute atomic E-state index is 0.0121. The Labute approximate surface area is 181 Å². The zero-order valence-electron chi connectivity index (χ0n) is 16.4. The van der Waals surface area contributed by atoms with Gasteiger partial charge in [-0.2, -0.15) is 0 Å². The molecule has 0 aliphatic carbocycles. The standard InChI is InChI=1S/C9H12ClNO3S.C8H10ClNO3S/c1-11(2)15(12,13)9-5-4-7(14-3)6-8(9)10;1-10(2)14(12,13)8-4-3-6(11)5-7(8)9/h4-6H,1-3H3;3-5,11H,1-2H3. The van der Waals surface area contributed by atoms with Gasteiger partial charge in [-0.05, 0) is 30.3 Å². The molecule has 8 nitrogen and oxygen atoms in total. The molecule has 2 rings (SSSR count). The highest BCUT2D eigenvalue weighted by molar-refractivity contribution is 7.89. The van der Waals surface area contributed by atoms with Gasteiger partial charge in [-0.3, -0.25) is 0 Å². The Morgan fingerprint density at radius 2 is 1.21 bits per heavy atom. The van der Waals surface area contributed by atoms with Gasteiger partial charge < -0.3 is 9.84 Å². The number of aromatic hydroxyl groups is 1. The first-order chi connectivity index (χ1) is 13.2. The van der Waals surface area contributed by atoms with E-state index in [2.05, 4.69) is 0 Å². The largest absolute Gasteiger partial charge is 0.508 e. The smallest absolute Gasteiger partial charge is 0.244 e. The summed E-state index contributed by atoms with van der Waals surface area (Å²) in [5.74, 6) is 0.463. The number of methoxy groups -OCH3 is 1. The molecule has 0 heterocycles. The van der Waals surface area contributed by atoms with Crippen LogP contribution in [0, 0.1) is 0 Å². The molecule has 29 heavy (non-hydrogen) atoms. The summed E-state index contributed by atoms with van der Waals surface area (Å²) in [6, 6.07) is 8.20. The Bertz CT molecular complexity index is 1070. The predicted molar refractivity (Wildman–Crippen MR) is 113 cm³/mol. The van der Waals surface area contributed by atoms with Crippen molar-refractivity contribution < 1.29 is 26.7 Å². The first-order valence-electron chi connectivity index (χ1n) is 7.92. The second kappa shape index (κ2) is 9.96. The first-order valence-corrected chi connectivity index (χ1v) is 11.6. The van der Waals surface area contributed by atoms with Crippen LogP contribution < -0.4 is 4.74 Å². The number of phenolic OH excluding ortho intramolecular Hbond substituents is 1. The molecule has 0 amide bonds. The van der Waals surface area contributed by atoms with Crippen LogP contribution in [0.3, 0.4) is 0 Å². The molecular weight excluding hydrogens is 463 g/mol. The van der Waals surface area contributed by atoms with E-state index in [0.717, 1.165) is 8.61 Å². The lowest BCUT2D eigenvalue weighted by atomic mass is 10.3. The lowest BCUT2D eigenvalue weighted by molar-refractivity contribution is 0.414. The summed E-state index contributed by atoms with van der Waals surface area (Å²) in [5.41, 5.74) is 0. The molecule has 0 aliphatic rings. The third-order valence-corrected chi connectivity index (χ3v) is 8.17. The molecule has 0 spiro atoms. The number of halogens is 2. The highest BCUT2D eigenvalue weighted by Crippen LogP contribution is 2.28. The van der Waals surface area contributed by atoms with E-state index >= 15 is 0 Å². The summed E-state index contributed by atoms with van der Waals surface area (Å²) in [6.45, 7) is 0. The minimum Gasteiger partial charge on any atom is -0.508 e. The summed E-state index contributed by atoms with van der Waals surface area (Å²) in [5, 5.41) is 9.22. The van der Waals surface area contributed by atoms with Gasteiger partial charge in [0, 0.05) is 34.3 Å². The van der Waals surface area contributed by atoms with Crippen LogP contribution in [-0.2, 0) is 20.0 Å². The van der Waals surface area contributed by atoms with E-state index in [9.17, 15) is 16.8 Å². The highest BCUT2D eigenvalue weighted by Gasteiger charge is 2.21. The topological polar surface area (TPSA) is 104 Å². The summed E-state index contributed by atoms with van der Waals surface area (Å²) in [7, 11) is 0.210. The average molecular weight is 485 g/mol. The lowest BCUT2D eigenvalue weighted by Gasteiger charge is -2.13. The first kappa shape index (κ1) is 25.5. The Morgan fingerprint density at radius 1 is 0.793 bits per heavy atom. The monoisotopic (exact) mass is 484 g/mol. The van der Waals surface area contributed by atoms with Crippen molar-refractivity contribution in [2.24, 2.45) is 0 Å². The van der Waals surface area contributed by atoms with Gasteiger partial charge in [0.25, 0.3) is 0 Å². The molecule has 12 heteroatoms. The Morgan fingerprint density at radius 3 is 1.55 bits per heavy atom. The van der Waals surface area contributed by atoms with Gasteiger partial charge in [0.05, 0.1) is 17.2 Å². The summed E-state index contributed by atoms with van der Waals surface area (Å²) >= 11 is 11.5. The second-order valence-corrected chi connectivity index (χ2v) is 11.0. The van der Waals surface area contributed by atoms with Crippen molar-refractivity contribution in [3.63, 3.8) is 0 Å². The second-order valence-electron chi connectivity index (χ2n) is 5.99. The number of ether oxygens (including phenoxy) is 1. The van der Waals surface area contributed by atoms with Crippen LogP contribution in [0.5, 0.6) is 11.5 Å². The molecule has 2 aromatic carbocycles. The molecule has 0 aromatic heterocycles. The van der Waals surface area contributed by atoms with Gasteiger partial charge in [0.2, 0.25) is 20.0 Å². The summed E-state index contributed by atoms with van der Waals surface area (Å²) in [6.07, 6.45) is 0. The zero-order chi connectivity index (χ0) is 22.6. The molecule has 0 atom stereocenters. The van der Waals surface area contributed by atoms with Crippen LogP contribution in [-0.4, -0.2) is 65.9 Å². The molecule has 0 saturated heterocycles. The number of phenols is 1. The van der Waals surface area contributed by atoms with E-state index in [1.807, 2.05) is 0 Å². The van der Waals surface area contributed by atoms with Gasteiger partial charge in [-0.25, -0.2) is 25.4 Å². The summed E-state index contributed by atoms with van der Waals surface area (Å²) in [4.78, 5) is 0.0666. The van der Waals surface area contributed by atoms with Crippen LogP contribution in [0.2, 0.25) is 10.0 Å². The highest BCUT2D eigenvalue weighted by atomic mass is 35.5. The maximum Gasteiger partial charge on any atom is 0.244 e. The number of rotatable bonds is 5.